The minimum Gasteiger partial charge on any atom is -0.497 e. The molecular formula is C7H8ClNO4S. The van der Waals surface area contributed by atoms with Gasteiger partial charge in [-0.1, -0.05) is 11.6 Å². The summed E-state index contributed by atoms with van der Waals surface area (Å²) in [6.07, 6.45) is 0. The van der Waals surface area contributed by atoms with Gasteiger partial charge in [0.15, 0.2) is 5.75 Å². The van der Waals surface area contributed by atoms with Gasteiger partial charge in [-0.2, -0.15) is 13.6 Å². The van der Waals surface area contributed by atoms with Crippen molar-refractivity contribution in [3.8, 4) is 11.5 Å². The Morgan fingerprint density at radius 3 is 2.50 bits per heavy atom. The fourth-order valence-electron chi connectivity index (χ4n) is 0.801. The molecule has 2 N–H and O–H groups in total. The van der Waals surface area contributed by atoms with Crippen LogP contribution in [0.4, 0.5) is 0 Å². The van der Waals surface area contributed by atoms with Crippen molar-refractivity contribution < 1.29 is 17.3 Å². The van der Waals surface area contributed by atoms with Gasteiger partial charge < -0.3 is 8.92 Å². The Labute approximate surface area is 86.6 Å². The van der Waals surface area contributed by atoms with Crippen molar-refractivity contribution in [3.63, 3.8) is 0 Å². The van der Waals surface area contributed by atoms with Gasteiger partial charge in [0.25, 0.3) is 0 Å². The molecule has 0 bridgehead atoms. The largest absolute Gasteiger partial charge is 0.497 e. The molecule has 7 heteroatoms. The van der Waals surface area contributed by atoms with Crippen molar-refractivity contribution >= 4 is 21.9 Å². The van der Waals surface area contributed by atoms with E-state index in [9.17, 15) is 8.42 Å². The lowest BCUT2D eigenvalue weighted by molar-refractivity contribution is 0.413. The quantitative estimate of drug-likeness (QED) is 0.848. The first kappa shape index (κ1) is 11.1. The van der Waals surface area contributed by atoms with Crippen LogP contribution < -0.4 is 14.1 Å². The van der Waals surface area contributed by atoms with Crippen LogP contribution in [-0.2, 0) is 10.3 Å². The molecule has 78 valence electrons. The highest BCUT2D eigenvalue weighted by Gasteiger charge is 2.09. The summed E-state index contributed by atoms with van der Waals surface area (Å²) in [5.41, 5.74) is 0. The predicted octanol–water partition coefficient (Wildman–Crippen LogP) is 0.931. The zero-order chi connectivity index (χ0) is 10.8. The first-order valence-corrected chi connectivity index (χ1v) is 5.33. The second-order valence-corrected chi connectivity index (χ2v) is 3.93. The zero-order valence-corrected chi connectivity index (χ0v) is 8.80. The van der Waals surface area contributed by atoms with Gasteiger partial charge in [-0.05, 0) is 12.1 Å². The van der Waals surface area contributed by atoms with Crippen LogP contribution in [0.25, 0.3) is 0 Å². The summed E-state index contributed by atoms with van der Waals surface area (Å²) >= 11 is 5.69. The van der Waals surface area contributed by atoms with Crippen LogP contribution in [0.1, 0.15) is 0 Å². The van der Waals surface area contributed by atoms with E-state index in [4.69, 9.17) is 16.3 Å². The Morgan fingerprint density at radius 2 is 2.07 bits per heavy atom. The molecule has 0 atom stereocenters. The smallest absolute Gasteiger partial charge is 0.380 e. The monoisotopic (exact) mass is 237 g/mol. The van der Waals surface area contributed by atoms with Gasteiger partial charge >= 0.3 is 10.3 Å². The molecule has 0 saturated heterocycles. The van der Waals surface area contributed by atoms with Gasteiger partial charge in [0.2, 0.25) is 0 Å². The van der Waals surface area contributed by atoms with E-state index in [1.54, 1.807) is 0 Å². The van der Waals surface area contributed by atoms with Crippen LogP contribution in [-0.4, -0.2) is 15.5 Å². The summed E-state index contributed by atoms with van der Waals surface area (Å²) in [4.78, 5) is 0. The minimum absolute atomic E-state index is 0.0324. The molecule has 5 nitrogen and oxygen atoms in total. The molecule has 0 saturated carbocycles. The van der Waals surface area contributed by atoms with Crippen molar-refractivity contribution in [1.29, 1.82) is 0 Å². The van der Waals surface area contributed by atoms with Crippen LogP contribution in [0.3, 0.4) is 0 Å². The molecule has 1 aromatic rings. The SMILES string of the molecule is COc1ccc(OS(N)(=O)=O)c(Cl)c1. The predicted molar refractivity (Wildman–Crippen MR) is 51.7 cm³/mol. The molecule has 1 rings (SSSR count). The van der Waals surface area contributed by atoms with E-state index in [2.05, 4.69) is 9.32 Å². The Hall–Kier alpha value is -0.980. The topological polar surface area (TPSA) is 78.6 Å². The molecular weight excluding hydrogens is 230 g/mol. The number of methoxy groups -OCH3 is 1. The third-order valence-electron chi connectivity index (χ3n) is 1.34. The molecule has 0 amide bonds. The summed E-state index contributed by atoms with van der Waals surface area (Å²) in [5.74, 6) is 0.465. The highest BCUT2D eigenvalue weighted by atomic mass is 35.5. The van der Waals surface area contributed by atoms with E-state index in [-0.39, 0.29) is 10.8 Å². The highest BCUT2D eigenvalue weighted by molar-refractivity contribution is 7.84. The average molecular weight is 238 g/mol. The maximum absolute atomic E-state index is 10.6. The zero-order valence-electron chi connectivity index (χ0n) is 7.23. The van der Waals surface area contributed by atoms with Crippen molar-refractivity contribution in [1.82, 2.24) is 0 Å². The van der Waals surface area contributed by atoms with Crippen LogP contribution in [0.15, 0.2) is 18.2 Å². The lowest BCUT2D eigenvalue weighted by Crippen LogP contribution is -2.19. The van der Waals surface area contributed by atoms with E-state index >= 15 is 0 Å². The van der Waals surface area contributed by atoms with E-state index in [1.807, 2.05) is 0 Å². The summed E-state index contributed by atoms with van der Waals surface area (Å²) in [6, 6.07) is 4.28. The number of rotatable bonds is 3. The van der Waals surface area contributed by atoms with E-state index in [1.165, 1.54) is 25.3 Å². The average Bonchev–Trinajstić information content (AvgIpc) is 2.06. The second kappa shape index (κ2) is 4.04. The number of nitrogens with two attached hydrogens (primary N) is 1. The molecule has 0 radical (unpaired) electrons. The summed E-state index contributed by atoms with van der Waals surface area (Å²) in [7, 11) is -2.58. The second-order valence-electron chi connectivity index (χ2n) is 2.37. The number of ether oxygens (including phenoxy) is 1. The summed E-state index contributed by atoms with van der Waals surface area (Å²) in [6.45, 7) is 0. The molecule has 0 heterocycles. The van der Waals surface area contributed by atoms with E-state index in [0.717, 1.165) is 0 Å². The number of hydrogen-bond donors (Lipinski definition) is 1. The van der Waals surface area contributed by atoms with Crippen molar-refractivity contribution in [3.05, 3.63) is 23.2 Å². The maximum Gasteiger partial charge on any atom is 0.380 e. The third kappa shape index (κ3) is 3.06. The Kier molecular flexibility index (Phi) is 3.20. The van der Waals surface area contributed by atoms with Gasteiger partial charge in [0, 0.05) is 6.07 Å². The lowest BCUT2D eigenvalue weighted by Gasteiger charge is -2.05. The van der Waals surface area contributed by atoms with Crippen LogP contribution in [0, 0.1) is 0 Å². The van der Waals surface area contributed by atoms with Crippen molar-refractivity contribution in [2.75, 3.05) is 7.11 Å². The van der Waals surface area contributed by atoms with Gasteiger partial charge in [-0.25, -0.2) is 0 Å². The molecule has 0 aliphatic carbocycles. The normalized spacial score (nSPS) is 11.1. The number of hydrogen-bond acceptors (Lipinski definition) is 4. The fourth-order valence-corrected chi connectivity index (χ4v) is 1.45. The van der Waals surface area contributed by atoms with Gasteiger partial charge in [0.1, 0.15) is 5.75 Å². The van der Waals surface area contributed by atoms with E-state index < -0.39 is 10.3 Å². The van der Waals surface area contributed by atoms with Gasteiger partial charge in [-0.3, -0.25) is 0 Å². The number of benzene rings is 1. The van der Waals surface area contributed by atoms with Crippen LogP contribution in [0.2, 0.25) is 5.02 Å². The maximum atomic E-state index is 10.6. The lowest BCUT2D eigenvalue weighted by atomic mass is 10.3. The van der Waals surface area contributed by atoms with Crippen LogP contribution in [0.5, 0.6) is 11.5 Å². The fraction of sp³-hybridized carbons (Fsp3) is 0.143. The Bertz CT molecular complexity index is 431. The standard InChI is InChI=1S/C7H8ClNO4S/c1-12-5-2-3-7(6(8)4-5)13-14(9,10)11/h2-4H,1H3,(H2,9,10,11). The van der Waals surface area contributed by atoms with Gasteiger partial charge in [0.05, 0.1) is 12.1 Å². The third-order valence-corrected chi connectivity index (χ3v) is 2.05. The van der Waals surface area contributed by atoms with Crippen molar-refractivity contribution in [2.45, 2.75) is 0 Å². The molecule has 14 heavy (non-hydrogen) atoms. The first-order valence-electron chi connectivity index (χ1n) is 3.48. The molecule has 0 aliphatic rings. The minimum atomic E-state index is -4.04. The summed E-state index contributed by atoms with van der Waals surface area (Å²) < 4.78 is 30.4. The first-order chi connectivity index (χ1) is 6.42. The molecule has 0 fully saturated rings. The molecule has 0 unspecified atom stereocenters. The Morgan fingerprint density at radius 1 is 1.43 bits per heavy atom. The van der Waals surface area contributed by atoms with Crippen molar-refractivity contribution in [2.24, 2.45) is 5.14 Å². The van der Waals surface area contributed by atoms with Gasteiger partial charge in [-0.15, -0.1) is 0 Å². The summed E-state index contributed by atoms with van der Waals surface area (Å²) in [5, 5.41) is 4.78. The highest BCUT2D eigenvalue weighted by Crippen LogP contribution is 2.29. The molecule has 0 spiro atoms. The van der Waals surface area contributed by atoms with E-state index in [0.29, 0.717) is 5.75 Å². The molecule has 0 aliphatic heterocycles. The molecule has 1 aromatic carbocycles. The molecule has 0 aromatic heterocycles. The van der Waals surface area contributed by atoms with Crippen LogP contribution >= 0.6 is 11.6 Å². The Balaban J connectivity index is 3.01. The number of halogens is 1.